The number of aromatic nitrogens is 1. The molecule has 0 spiro atoms. The molecule has 1 fully saturated rings. The first-order chi connectivity index (χ1) is 19.3. The van der Waals surface area contributed by atoms with Crippen LogP contribution < -0.4 is 0 Å². The lowest BCUT2D eigenvalue weighted by Crippen LogP contribution is -2.32. The topological polar surface area (TPSA) is 92.8 Å². The maximum absolute atomic E-state index is 13.3. The first-order valence-electron chi connectivity index (χ1n) is 13.8. The van der Waals surface area contributed by atoms with Gasteiger partial charge in [-0.2, -0.15) is 0 Å². The van der Waals surface area contributed by atoms with Gasteiger partial charge in [-0.05, 0) is 46.2 Å². The number of hydrogen-bond donors (Lipinski definition) is 1. The fourth-order valence-corrected chi connectivity index (χ4v) is 6.05. The van der Waals surface area contributed by atoms with E-state index in [0.717, 1.165) is 22.0 Å². The van der Waals surface area contributed by atoms with Crippen molar-refractivity contribution in [3.63, 3.8) is 0 Å². The summed E-state index contributed by atoms with van der Waals surface area (Å²) in [6, 6.07) is 24.0. The summed E-state index contributed by atoms with van der Waals surface area (Å²) in [7, 11) is 0. The minimum atomic E-state index is -0.260. The predicted molar refractivity (Wildman–Crippen MR) is 155 cm³/mol. The number of carbonyl (C=O) groups is 2. The van der Waals surface area contributed by atoms with E-state index in [-0.39, 0.29) is 35.1 Å². The number of aryl methyl sites for hydroxylation is 1. The van der Waals surface area contributed by atoms with Gasteiger partial charge in [-0.1, -0.05) is 79.7 Å². The van der Waals surface area contributed by atoms with E-state index in [1.165, 1.54) is 0 Å². The predicted octanol–water partition coefficient (Wildman–Crippen LogP) is 7.65. The Hall–Kier alpha value is -4.32. The van der Waals surface area contributed by atoms with Gasteiger partial charge in [-0.25, -0.2) is 0 Å². The summed E-state index contributed by atoms with van der Waals surface area (Å²) in [6.07, 6.45) is 2.39. The highest BCUT2D eigenvalue weighted by atomic mass is 16.5. The Bertz CT molecular complexity index is 1680. The van der Waals surface area contributed by atoms with Gasteiger partial charge in [0.2, 0.25) is 0 Å². The quantitative estimate of drug-likeness (QED) is 0.210. The van der Waals surface area contributed by atoms with Crippen LogP contribution in [0.1, 0.15) is 72.8 Å². The van der Waals surface area contributed by atoms with Crippen molar-refractivity contribution in [2.75, 3.05) is 0 Å². The number of fused-ring (bicyclic) bond motifs is 2. The summed E-state index contributed by atoms with van der Waals surface area (Å²) in [5.41, 5.74) is 3.55. The molecule has 0 aliphatic heterocycles. The second-order valence-corrected chi connectivity index (χ2v) is 11.7. The van der Waals surface area contributed by atoms with Gasteiger partial charge < -0.3 is 9.63 Å². The minimum Gasteiger partial charge on any atom is -0.511 e. The van der Waals surface area contributed by atoms with Crippen molar-refractivity contribution in [3.8, 4) is 0 Å². The average Bonchev–Trinajstić information content (AvgIpc) is 3.35. The molecule has 0 radical (unpaired) electrons. The van der Waals surface area contributed by atoms with Crippen molar-refractivity contribution in [2.45, 2.75) is 58.3 Å². The van der Waals surface area contributed by atoms with Gasteiger partial charge in [0.1, 0.15) is 11.5 Å². The molecule has 6 heteroatoms. The van der Waals surface area contributed by atoms with Crippen LogP contribution in [0.25, 0.3) is 10.8 Å². The number of aliphatic hydroxyl groups is 1. The molecule has 202 valence electrons. The molecule has 1 saturated carbocycles. The molecule has 0 bridgehead atoms. The zero-order valence-corrected chi connectivity index (χ0v) is 22.8. The van der Waals surface area contributed by atoms with Crippen LogP contribution in [-0.2, 0) is 17.6 Å². The number of allylic oxidation sites excluding steroid dienone is 2. The van der Waals surface area contributed by atoms with E-state index in [1.54, 1.807) is 0 Å². The maximum Gasteiger partial charge on any atom is 0.168 e. The second-order valence-electron chi connectivity index (χ2n) is 11.7. The van der Waals surface area contributed by atoms with E-state index in [9.17, 15) is 14.7 Å². The minimum absolute atomic E-state index is 0.00699. The molecule has 6 nitrogen and oxygen atoms in total. The molecule has 1 aromatic heterocycles. The van der Waals surface area contributed by atoms with Crippen LogP contribution in [-0.4, -0.2) is 27.5 Å². The molecular weight excluding hydrogens is 500 g/mol. The van der Waals surface area contributed by atoms with Gasteiger partial charge in [-0.3, -0.25) is 14.6 Å². The Kier molecular flexibility index (Phi) is 6.70. The second kappa shape index (κ2) is 10.3. The molecular formula is C34H32N2O4. The van der Waals surface area contributed by atoms with Gasteiger partial charge in [0, 0.05) is 32.1 Å². The normalized spacial score (nSPS) is 21.1. The molecule has 2 aliphatic carbocycles. The highest BCUT2D eigenvalue weighted by Gasteiger charge is 2.37. The molecule has 40 heavy (non-hydrogen) atoms. The van der Waals surface area contributed by atoms with E-state index < -0.39 is 0 Å². The third-order valence-electron chi connectivity index (χ3n) is 7.98. The molecule has 4 aromatic rings. The summed E-state index contributed by atoms with van der Waals surface area (Å²) in [5.74, 6) is 0.544. The highest BCUT2D eigenvalue weighted by Crippen LogP contribution is 2.38. The Morgan fingerprint density at radius 3 is 2.50 bits per heavy atom. The van der Waals surface area contributed by atoms with Crippen LogP contribution in [0, 0.1) is 5.41 Å². The van der Waals surface area contributed by atoms with Crippen LogP contribution in [0.15, 0.2) is 93.6 Å². The lowest BCUT2D eigenvalue weighted by atomic mass is 9.73. The number of ketones is 2. The molecule has 2 aliphatic rings. The van der Waals surface area contributed by atoms with Crippen molar-refractivity contribution < 1.29 is 19.2 Å². The fraction of sp³-hybridized carbons (Fsp3) is 0.294. The smallest absolute Gasteiger partial charge is 0.168 e. The van der Waals surface area contributed by atoms with Gasteiger partial charge >= 0.3 is 0 Å². The maximum atomic E-state index is 13.3. The first-order valence-corrected chi connectivity index (χ1v) is 13.8. The average molecular weight is 533 g/mol. The number of hydrogen-bond acceptors (Lipinski definition) is 6. The van der Waals surface area contributed by atoms with Crippen molar-refractivity contribution in [1.82, 2.24) is 5.16 Å². The van der Waals surface area contributed by atoms with Gasteiger partial charge in [0.05, 0.1) is 28.2 Å². The summed E-state index contributed by atoms with van der Waals surface area (Å²) < 4.78 is 5.61. The van der Waals surface area contributed by atoms with E-state index in [4.69, 9.17) is 9.52 Å². The van der Waals surface area contributed by atoms with Crippen molar-refractivity contribution >= 4 is 33.7 Å². The van der Waals surface area contributed by atoms with E-state index in [0.29, 0.717) is 60.4 Å². The third-order valence-corrected chi connectivity index (χ3v) is 7.98. The summed E-state index contributed by atoms with van der Waals surface area (Å²) >= 11 is 0. The molecule has 1 N–H and O–H groups in total. The molecule has 3 aromatic carbocycles. The number of nitrogens with zero attached hydrogens (tertiary/aromatic N) is 2. The SMILES string of the molecule is CC1(C)CC(=O)/C(=C(/O)CCc2noc3c2C(=O)CC(c2ccccc2)C3)C(=Nc2ccc3ccccc3c2)C1. The number of Topliss-reactive ketones (excluding diaryl/α,β-unsaturated/α-hetero) is 2. The molecule has 0 amide bonds. The zero-order chi connectivity index (χ0) is 27.9. The summed E-state index contributed by atoms with van der Waals surface area (Å²) in [6.45, 7) is 4.09. The lowest BCUT2D eigenvalue weighted by molar-refractivity contribution is -0.117. The van der Waals surface area contributed by atoms with Crippen LogP contribution in [0.2, 0.25) is 0 Å². The third kappa shape index (κ3) is 5.14. The Morgan fingerprint density at radius 1 is 0.950 bits per heavy atom. The Morgan fingerprint density at radius 2 is 1.70 bits per heavy atom. The Balaban J connectivity index is 1.27. The van der Waals surface area contributed by atoms with E-state index >= 15 is 0 Å². The van der Waals surface area contributed by atoms with Gasteiger partial charge in [0.15, 0.2) is 11.6 Å². The molecule has 1 heterocycles. The molecule has 1 unspecified atom stereocenters. The number of rotatable bonds is 5. The molecule has 1 atom stereocenters. The number of benzene rings is 3. The van der Waals surface area contributed by atoms with E-state index in [1.807, 2.05) is 86.6 Å². The number of aliphatic hydroxyl groups excluding tert-OH is 1. The van der Waals surface area contributed by atoms with Crippen molar-refractivity contribution in [2.24, 2.45) is 10.4 Å². The van der Waals surface area contributed by atoms with Crippen LogP contribution in [0.3, 0.4) is 0 Å². The highest BCUT2D eigenvalue weighted by molar-refractivity contribution is 6.25. The number of carbonyl (C=O) groups excluding carboxylic acids is 2. The van der Waals surface area contributed by atoms with E-state index in [2.05, 4.69) is 5.16 Å². The van der Waals surface area contributed by atoms with Crippen LogP contribution >= 0.6 is 0 Å². The summed E-state index contributed by atoms with van der Waals surface area (Å²) in [5, 5.41) is 17.6. The zero-order valence-electron chi connectivity index (χ0n) is 22.8. The van der Waals surface area contributed by atoms with Gasteiger partial charge in [-0.15, -0.1) is 0 Å². The van der Waals surface area contributed by atoms with Crippen molar-refractivity contribution in [3.05, 3.63) is 107 Å². The van der Waals surface area contributed by atoms with Crippen LogP contribution in [0.5, 0.6) is 0 Å². The standard InChI is InChI=1S/C34H32N2O4/c1-34(2)19-27(35-25-13-12-22-10-6-7-11-23(22)16-25)32(30(39)20-34)28(37)15-14-26-33-29(38)17-24(18-31(33)40-36-26)21-8-4-3-5-9-21/h3-13,16,24,37H,14-15,17-20H2,1-2H3/b32-28+,35-27?. The van der Waals surface area contributed by atoms with Crippen LogP contribution in [0.4, 0.5) is 5.69 Å². The molecule has 6 rings (SSSR count). The largest absolute Gasteiger partial charge is 0.511 e. The Labute approximate surface area is 233 Å². The van der Waals surface area contributed by atoms with Crippen molar-refractivity contribution in [1.29, 1.82) is 0 Å². The molecule has 0 saturated heterocycles. The lowest BCUT2D eigenvalue weighted by Gasteiger charge is -2.31. The monoisotopic (exact) mass is 532 g/mol. The first kappa shape index (κ1) is 25.9. The number of aliphatic imine (C=N–C) groups is 1. The van der Waals surface area contributed by atoms with Gasteiger partial charge in [0.25, 0.3) is 0 Å². The summed E-state index contributed by atoms with van der Waals surface area (Å²) in [4.78, 5) is 31.3. The fourth-order valence-electron chi connectivity index (χ4n) is 6.05.